The predicted octanol–water partition coefficient (Wildman–Crippen LogP) is 1.08. The molecule has 2 N–H and O–H groups in total. The van der Waals surface area contributed by atoms with E-state index >= 15 is 0 Å². The molecule has 116 valence electrons. The highest BCUT2D eigenvalue weighted by Crippen LogP contribution is 2.57. The Morgan fingerprint density at radius 3 is 2.75 bits per heavy atom. The van der Waals surface area contributed by atoms with Gasteiger partial charge in [0.15, 0.2) is 0 Å². The van der Waals surface area contributed by atoms with Crippen LogP contribution in [0.2, 0.25) is 0 Å². The zero-order chi connectivity index (χ0) is 14.4. The fourth-order valence-electron chi connectivity index (χ4n) is 3.47. The highest BCUT2D eigenvalue weighted by molar-refractivity contribution is 5.76. The number of carbonyl (C=O) groups excluding carboxylic acids is 1. The van der Waals surface area contributed by atoms with E-state index in [1.807, 2.05) is 0 Å². The third kappa shape index (κ3) is 3.32. The van der Waals surface area contributed by atoms with Gasteiger partial charge in [-0.3, -0.25) is 4.79 Å². The Morgan fingerprint density at radius 2 is 2.15 bits per heavy atom. The van der Waals surface area contributed by atoms with Crippen molar-refractivity contribution in [1.29, 1.82) is 0 Å². The molecule has 0 aromatic rings. The van der Waals surface area contributed by atoms with Crippen LogP contribution >= 0.6 is 0 Å². The van der Waals surface area contributed by atoms with Crippen molar-refractivity contribution in [2.24, 2.45) is 5.41 Å². The minimum absolute atomic E-state index is 0.0953. The van der Waals surface area contributed by atoms with E-state index in [-0.39, 0.29) is 5.91 Å². The van der Waals surface area contributed by atoms with Crippen molar-refractivity contribution in [2.45, 2.75) is 51.2 Å². The van der Waals surface area contributed by atoms with E-state index in [1.54, 1.807) is 7.11 Å². The van der Waals surface area contributed by atoms with Gasteiger partial charge in [0.2, 0.25) is 5.91 Å². The molecule has 1 spiro atoms. The molecule has 2 unspecified atom stereocenters. The van der Waals surface area contributed by atoms with Crippen LogP contribution in [0.1, 0.15) is 39.0 Å². The quantitative estimate of drug-likeness (QED) is 0.622. The zero-order valence-corrected chi connectivity index (χ0v) is 12.7. The second kappa shape index (κ2) is 7.38. The minimum atomic E-state index is 0.0953. The van der Waals surface area contributed by atoms with Crippen molar-refractivity contribution in [1.82, 2.24) is 10.6 Å². The Kier molecular flexibility index (Phi) is 5.81. The van der Waals surface area contributed by atoms with E-state index in [9.17, 15) is 4.79 Å². The van der Waals surface area contributed by atoms with E-state index < -0.39 is 0 Å². The first-order chi connectivity index (χ1) is 9.73. The molecule has 0 aromatic carbocycles. The summed E-state index contributed by atoms with van der Waals surface area (Å²) in [6, 6.07) is 0.541. The van der Waals surface area contributed by atoms with Crippen LogP contribution in [0.5, 0.6) is 0 Å². The number of carbonyl (C=O) groups is 1. The molecule has 0 saturated heterocycles. The van der Waals surface area contributed by atoms with Gasteiger partial charge in [-0.15, -0.1) is 0 Å². The molecule has 2 saturated carbocycles. The molecule has 2 atom stereocenters. The van der Waals surface area contributed by atoms with E-state index in [1.165, 1.54) is 19.3 Å². The predicted molar refractivity (Wildman–Crippen MR) is 77.6 cm³/mol. The van der Waals surface area contributed by atoms with Crippen molar-refractivity contribution in [2.75, 3.05) is 33.4 Å². The molecule has 0 radical (unpaired) electrons. The molecule has 20 heavy (non-hydrogen) atoms. The van der Waals surface area contributed by atoms with Crippen LogP contribution in [0.25, 0.3) is 0 Å². The highest BCUT2D eigenvalue weighted by atomic mass is 16.5. The number of nitrogens with one attached hydrogen (secondary N) is 2. The summed E-state index contributed by atoms with van der Waals surface area (Å²) < 4.78 is 10.7. The Balaban J connectivity index is 1.62. The molecular weight excluding hydrogens is 256 g/mol. The summed E-state index contributed by atoms with van der Waals surface area (Å²) in [6.45, 7) is 4.79. The van der Waals surface area contributed by atoms with Gasteiger partial charge in [0.1, 0.15) is 0 Å². The highest BCUT2D eigenvalue weighted by Gasteiger charge is 2.58. The zero-order valence-electron chi connectivity index (χ0n) is 12.7. The second-order valence-corrected chi connectivity index (χ2v) is 5.87. The van der Waals surface area contributed by atoms with Gasteiger partial charge in [0, 0.05) is 44.7 Å². The van der Waals surface area contributed by atoms with Crippen molar-refractivity contribution in [3.05, 3.63) is 0 Å². The molecule has 2 rings (SSSR count). The van der Waals surface area contributed by atoms with Crippen LogP contribution < -0.4 is 10.6 Å². The van der Waals surface area contributed by atoms with Gasteiger partial charge in [0.25, 0.3) is 0 Å². The van der Waals surface area contributed by atoms with Gasteiger partial charge < -0.3 is 20.1 Å². The fraction of sp³-hybridized carbons (Fsp3) is 0.933. The van der Waals surface area contributed by atoms with Gasteiger partial charge in [-0.25, -0.2) is 0 Å². The standard InChI is InChI=1S/C15H28N2O3/c1-3-20-13-11-12(15(13)6-4-7-15)16-8-5-14(18)17-9-10-19-2/h12-13,16H,3-11H2,1-2H3,(H,17,18). The first-order valence-electron chi connectivity index (χ1n) is 7.83. The summed E-state index contributed by atoms with van der Waals surface area (Å²) >= 11 is 0. The Bertz CT molecular complexity index is 318. The van der Waals surface area contributed by atoms with Crippen LogP contribution in [0.4, 0.5) is 0 Å². The minimum Gasteiger partial charge on any atom is -0.383 e. The van der Waals surface area contributed by atoms with Crippen LogP contribution in [-0.2, 0) is 14.3 Å². The van der Waals surface area contributed by atoms with Gasteiger partial charge in [-0.1, -0.05) is 6.42 Å². The SMILES string of the molecule is CCOC1CC(NCCC(=O)NCCOC)C12CCC2. The van der Waals surface area contributed by atoms with Crippen molar-refractivity contribution >= 4 is 5.91 Å². The molecule has 0 aromatic heterocycles. The molecule has 5 nitrogen and oxygen atoms in total. The maximum Gasteiger partial charge on any atom is 0.221 e. The summed E-state index contributed by atoms with van der Waals surface area (Å²) in [6.07, 6.45) is 5.94. The number of ether oxygens (including phenoxy) is 2. The third-order valence-corrected chi connectivity index (χ3v) is 4.81. The van der Waals surface area contributed by atoms with Crippen LogP contribution in [0.15, 0.2) is 0 Å². The second-order valence-electron chi connectivity index (χ2n) is 5.87. The Hall–Kier alpha value is -0.650. The molecule has 0 aliphatic heterocycles. The van der Waals surface area contributed by atoms with Gasteiger partial charge in [-0.2, -0.15) is 0 Å². The number of hydrogen-bond acceptors (Lipinski definition) is 4. The molecule has 2 aliphatic carbocycles. The van der Waals surface area contributed by atoms with Crippen molar-refractivity contribution < 1.29 is 14.3 Å². The molecule has 1 amide bonds. The maximum absolute atomic E-state index is 11.6. The van der Waals surface area contributed by atoms with Gasteiger partial charge in [0.05, 0.1) is 12.7 Å². The average Bonchev–Trinajstić information content (AvgIpc) is 2.35. The fourth-order valence-corrected chi connectivity index (χ4v) is 3.47. The lowest BCUT2D eigenvalue weighted by Gasteiger charge is -2.61. The summed E-state index contributed by atoms with van der Waals surface area (Å²) in [4.78, 5) is 11.6. The lowest BCUT2D eigenvalue weighted by atomic mass is 9.51. The van der Waals surface area contributed by atoms with Gasteiger partial charge >= 0.3 is 0 Å². The van der Waals surface area contributed by atoms with E-state index in [0.29, 0.717) is 37.1 Å². The smallest absolute Gasteiger partial charge is 0.221 e. The average molecular weight is 284 g/mol. The largest absolute Gasteiger partial charge is 0.383 e. The summed E-state index contributed by atoms with van der Waals surface area (Å²) in [5.74, 6) is 0.0953. The lowest BCUT2D eigenvalue weighted by Crippen LogP contribution is -2.67. The monoisotopic (exact) mass is 284 g/mol. The lowest BCUT2D eigenvalue weighted by molar-refractivity contribution is -0.172. The third-order valence-electron chi connectivity index (χ3n) is 4.81. The molecular formula is C15H28N2O3. The van der Waals surface area contributed by atoms with Crippen molar-refractivity contribution in [3.63, 3.8) is 0 Å². The number of amides is 1. The molecule has 5 heteroatoms. The van der Waals surface area contributed by atoms with E-state index in [0.717, 1.165) is 19.6 Å². The van der Waals surface area contributed by atoms with Gasteiger partial charge in [-0.05, 0) is 26.2 Å². The molecule has 2 aliphatic rings. The summed E-state index contributed by atoms with van der Waals surface area (Å²) in [7, 11) is 1.64. The first kappa shape index (κ1) is 15.7. The van der Waals surface area contributed by atoms with Crippen molar-refractivity contribution in [3.8, 4) is 0 Å². The van der Waals surface area contributed by atoms with Crippen LogP contribution in [0.3, 0.4) is 0 Å². The molecule has 0 bridgehead atoms. The number of hydrogen-bond donors (Lipinski definition) is 2. The topological polar surface area (TPSA) is 59.6 Å². The molecule has 0 heterocycles. The summed E-state index contributed by atoms with van der Waals surface area (Å²) in [5.41, 5.74) is 0.378. The number of rotatable bonds is 9. The number of methoxy groups -OCH3 is 1. The maximum atomic E-state index is 11.6. The molecule has 2 fully saturated rings. The van der Waals surface area contributed by atoms with E-state index in [2.05, 4.69) is 17.6 Å². The Labute approximate surface area is 121 Å². The van der Waals surface area contributed by atoms with Crippen LogP contribution in [0, 0.1) is 5.41 Å². The van der Waals surface area contributed by atoms with Crippen LogP contribution in [-0.4, -0.2) is 51.5 Å². The van der Waals surface area contributed by atoms with E-state index in [4.69, 9.17) is 9.47 Å². The Morgan fingerprint density at radius 1 is 1.35 bits per heavy atom. The normalized spacial score (nSPS) is 26.9. The summed E-state index contributed by atoms with van der Waals surface area (Å²) in [5, 5.41) is 6.39. The first-order valence-corrected chi connectivity index (χ1v) is 7.83.